The summed E-state index contributed by atoms with van der Waals surface area (Å²) in [6, 6.07) is 43.8. The van der Waals surface area contributed by atoms with Crippen LogP contribution in [0.1, 0.15) is 165 Å². The Bertz CT molecular complexity index is 3510. The van der Waals surface area contributed by atoms with Gasteiger partial charge in [-0.15, -0.1) is 9.13 Å². The predicted octanol–water partition coefficient (Wildman–Crippen LogP) is 15.9. The van der Waals surface area contributed by atoms with E-state index in [1.807, 2.05) is 79.7 Å². The summed E-state index contributed by atoms with van der Waals surface area (Å²) in [6.07, 6.45) is 2.21. The van der Waals surface area contributed by atoms with Crippen LogP contribution in [-0.4, -0.2) is 4.57 Å². The smallest absolute Gasteiger partial charge is 0.392 e. The molecule has 4 heteroatoms. The fourth-order valence-corrected chi connectivity index (χ4v) is 11.1. The minimum Gasteiger partial charge on any atom is -0.392 e. The highest BCUT2D eigenvalue weighted by atomic mass is 16.5. The third-order valence-corrected chi connectivity index (χ3v) is 14.7. The van der Waals surface area contributed by atoms with E-state index in [9.17, 15) is 5.48 Å². The quantitative estimate of drug-likeness (QED) is 0.146. The second kappa shape index (κ2) is 14.9. The molecule has 3 aliphatic rings. The lowest BCUT2D eigenvalue weighted by Crippen LogP contribution is -2.78. The van der Waals surface area contributed by atoms with Crippen LogP contribution in [0.4, 0.5) is 0 Å². The van der Waals surface area contributed by atoms with Crippen molar-refractivity contribution in [1.82, 2.24) is 4.57 Å². The normalized spacial score (nSPS) is 17.2. The Hall–Kier alpha value is -6.26. The largest absolute Gasteiger partial charge is 0.499 e. The maximum atomic E-state index is 9.79. The molecule has 8 aromatic rings. The van der Waals surface area contributed by atoms with Gasteiger partial charge in [0.05, 0.1) is 5.56 Å². The maximum absolute atomic E-state index is 9.79. The molecular formula is C63H67N3O+2. The summed E-state index contributed by atoms with van der Waals surface area (Å²) in [7, 11) is 0. The van der Waals surface area contributed by atoms with Gasteiger partial charge in [-0.05, 0) is 133 Å². The number of pyridine rings is 1. The van der Waals surface area contributed by atoms with Gasteiger partial charge in [0.1, 0.15) is 16.8 Å². The van der Waals surface area contributed by atoms with Crippen LogP contribution in [0.3, 0.4) is 0 Å². The number of imidazole rings is 1. The highest BCUT2D eigenvalue weighted by Crippen LogP contribution is 2.56. The van der Waals surface area contributed by atoms with E-state index in [2.05, 4.69) is 159 Å². The van der Waals surface area contributed by atoms with Crippen molar-refractivity contribution in [2.75, 3.05) is 0 Å². The molecule has 0 saturated carbocycles. The molecule has 0 N–H and O–H groups in total. The fraction of sp³-hybridized carbons (Fsp3) is 0.333. The van der Waals surface area contributed by atoms with Crippen LogP contribution in [-0.2, 0) is 16.7 Å². The fourth-order valence-electron chi connectivity index (χ4n) is 11.1. The number of hydrogen-bond donors (Lipinski definition) is 0. The number of hydrogen-bond acceptors (Lipinski definition) is 1. The summed E-state index contributed by atoms with van der Waals surface area (Å²) in [5.41, 5.74) is 19.1. The molecule has 1 unspecified atom stereocenters. The second-order valence-corrected chi connectivity index (χ2v) is 22.2. The first-order chi connectivity index (χ1) is 33.0. The molecule has 0 aliphatic carbocycles. The summed E-state index contributed by atoms with van der Waals surface area (Å²) >= 11 is 0. The summed E-state index contributed by atoms with van der Waals surface area (Å²) in [4.78, 5) is 0. The third kappa shape index (κ3) is 6.30. The average molecular weight is 886 g/mol. The lowest BCUT2D eigenvalue weighted by Gasteiger charge is -2.34. The zero-order valence-corrected chi connectivity index (χ0v) is 41.9. The van der Waals surface area contributed by atoms with Crippen LogP contribution in [0.5, 0.6) is 5.75 Å². The highest BCUT2D eigenvalue weighted by molar-refractivity contribution is 5.98. The topological polar surface area (TPSA) is 21.9 Å². The zero-order valence-electron chi connectivity index (χ0n) is 45.9. The van der Waals surface area contributed by atoms with Crippen LogP contribution in [0.2, 0.25) is 0 Å². The second-order valence-electron chi connectivity index (χ2n) is 22.2. The lowest BCUT2D eigenvalue weighted by atomic mass is 9.80. The van der Waals surface area contributed by atoms with Gasteiger partial charge in [0, 0.05) is 28.7 Å². The molecule has 1 atom stereocenters. The van der Waals surface area contributed by atoms with Crippen molar-refractivity contribution in [2.45, 2.75) is 137 Å². The molecule has 0 fully saturated rings. The van der Waals surface area contributed by atoms with E-state index in [0.29, 0.717) is 5.75 Å². The molecule has 1 spiro atoms. The molecule has 5 heterocycles. The monoisotopic (exact) mass is 886 g/mol. The molecule has 67 heavy (non-hydrogen) atoms. The average Bonchev–Trinajstić information content (AvgIpc) is 3.78. The van der Waals surface area contributed by atoms with Crippen molar-refractivity contribution in [3.63, 3.8) is 0 Å². The Labute approximate surface area is 404 Å². The first-order valence-corrected chi connectivity index (χ1v) is 24.1. The molecule has 338 valence electrons. The first kappa shape index (κ1) is 38.8. The number of para-hydroxylation sites is 1. The van der Waals surface area contributed by atoms with E-state index >= 15 is 0 Å². The van der Waals surface area contributed by atoms with E-state index in [1.165, 1.54) is 11.1 Å². The van der Waals surface area contributed by atoms with Crippen molar-refractivity contribution in [1.29, 1.82) is 0 Å². The predicted molar refractivity (Wildman–Crippen MR) is 278 cm³/mol. The van der Waals surface area contributed by atoms with E-state index in [-0.39, 0.29) is 10.8 Å². The Kier molecular flexibility index (Phi) is 8.61. The Morgan fingerprint density at radius 3 is 1.78 bits per heavy atom. The van der Waals surface area contributed by atoms with Gasteiger partial charge >= 0.3 is 11.7 Å². The van der Waals surface area contributed by atoms with E-state index < -0.39 is 29.4 Å². The summed E-state index contributed by atoms with van der Waals surface area (Å²) in [5.74, 6) is -3.57. The van der Waals surface area contributed by atoms with Crippen molar-refractivity contribution in [3.05, 3.63) is 166 Å². The number of benzene rings is 6. The number of rotatable bonds is 7. The minimum absolute atomic E-state index is 0.0341. The van der Waals surface area contributed by atoms with Crippen LogP contribution in [0.15, 0.2) is 128 Å². The maximum Gasteiger partial charge on any atom is 0.499 e. The zero-order chi connectivity index (χ0) is 50.9. The van der Waals surface area contributed by atoms with Crippen molar-refractivity contribution < 1.29 is 19.4 Å². The summed E-state index contributed by atoms with van der Waals surface area (Å²) in [5, 5.41) is 0. The van der Waals surface area contributed by atoms with Gasteiger partial charge in [-0.1, -0.05) is 164 Å². The van der Waals surface area contributed by atoms with Crippen molar-refractivity contribution in [3.8, 4) is 67.5 Å². The molecule has 0 bridgehead atoms. The van der Waals surface area contributed by atoms with Gasteiger partial charge in [0.2, 0.25) is 5.69 Å². The molecule has 4 nitrogen and oxygen atoms in total. The molecular weight excluding hydrogens is 815 g/mol. The van der Waals surface area contributed by atoms with Gasteiger partial charge in [-0.3, -0.25) is 0 Å². The molecule has 2 aromatic heterocycles. The van der Waals surface area contributed by atoms with Crippen molar-refractivity contribution >= 4 is 11.0 Å². The van der Waals surface area contributed by atoms with Gasteiger partial charge < -0.3 is 4.74 Å². The molecule has 11 rings (SSSR count). The van der Waals surface area contributed by atoms with E-state index in [4.69, 9.17) is 4.74 Å². The first-order valence-electron chi connectivity index (χ1n) is 26.1. The standard InChI is InChI=1S/C63H67N3O/c1-36(2)43-31-50(39(7)8)59-53(32-43)60-65(46-27-23-41(24-28-46)56-47(37(3)4)17-15-18-48(56)38(5)6)54-20-16-19-49-51-34-45(62(12,13)14)35-52-55-33-42(40-21-25-44(26-22-40)61(9,10)11)29-30-64(55)63(67-59,57(51)52)66(60)58(49)54/h15-39H,1-14H3/q+2/i36D,37D,38D,39D. The summed E-state index contributed by atoms with van der Waals surface area (Å²) in [6.45, 7) is 29.0. The van der Waals surface area contributed by atoms with E-state index in [1.54, 1.807) is 0 Å². The van der Waals surface area contributed by atoms with Gasteiger partial charge in [0.25, 0.3) is 0 Å². The van der Waals surface area contributed by atoms with Gasteiger partial charge in [-0.2, -0.15) is 4.57 Å². The number of fused-ring (bicyclic) bond motifs is 5. The third-order valence-electron chi connectivity index (χ3n) is 14.7. The van der Waals surface area contributed by atoms with Gasteiger partial charge in [-0.25, -0.2) is 0 Å². The molecule has 0 radical (unpaired) electrons. The van der Waals surface area contributed by atoms with Crippen LogP contribution in [0, 0.1) is 0 Å². The van der Waals surface area contributed by atoms with Gasteiger partial charge in [0.15, 0.2) is 23.0 Å². The minimum atomic E-state index is -1.24. The van der Waals surface area contributed by atoms with Crippen LogP contribution >= 0.6 is 0 Å². The molecule has 0 saturated heterocycles. The van der Waals surface area contributed by atoms with Crippen LogP contribution in [0.25, 0.3) is 72.7 Å². The SMILES string of the molecule is [2H]C(C)(C)c1cc2c(c(C([2H])(C)C)c1)OC13c4c(cc(C(C)(C)C)cc4-c4cc(-c5ccc(C(C)(C)C)cc5)cc[n+]41)-c1cccc4c1[n+]3c-2n4-c1ccc(-c2c(C([2H])(C)C)cccc2C([2H])(C)C)cc1. The number of nitrogens with zero attached hydrogens (tertiary/aromatic N) is 3. The molecule has 3 aliphatic heterocycles. The summed E-state index contributed by atoms with van der Waals surface area (Å²) < 4.78 is 52.8. The Morgan fingerprint density at radius 1 is 0.552 bits per heavy atom. The highest BCUT2D eigenvalue weighted by Gasteiger charge is 2.69. The van der Waals surface area contributed by atoms with E-state index in [0.717, 1.165) is 101 Å². The molecule has 6 aromatic carbocycles. The lowest BCUT2D eigenvalue weighted by molar-refractivity contribution is -0.997. The van der Waals surface area contributed by atoms with Crippen molar-refractivity contribution in [2.24, 2.45) is 0 Å². The number of aromatic nitrogens is 3. The Morgan fingerprint density at radius 2 is 1.16 bits per heavy atom. The number of ether oxygens (including phenoxy) is 1. The Balaban J connectivity index is 1.27. The molecule has 0 amide bonds. The van der Waals surface area contributed by atoms with Crippen LogP contribution < -0.4 is 13.9 Å².